The fraction of sp³-hybridized carbons (Fsp3) is 0.250. The molecular weight excluding hydrogens is 257 g/mol. The van der Waals surface area contributed by atoms with Gasteiger partial charge in [0.1, 0.15) is 5.82 Å². The van der Waals surface area contributed by atoms with Gasteiger partial charge in [0.05, 0.1) is 12.0 Å². The largest absolute Gasteiger partial charge is 0.363 e. The number of allylic oxidation sites excluding steroid dienone is 2. The topological polar surface area (TPSA) is 50.1 Å². The van der Waals surface area contributed by atoms with Crippen LogP contribution in [-0.2, 0) is 9.53 Å². The Bertz CT molecular complexity index is 598. The first-order chi connectivity index (χ1) is 9.66. The predicted molar refractivity (Wildman–Crippen MR) is 72.4 cm³/mol. The highest BCUT2D eigenvalue weighted by Crippen LogP contribution is 2.40. The Hall–Kier alpha value is -2.25. The van der Waals surface area contributed by atoms with E-state index >= 15 is 0 Å². The maximum Gasteiger partial charge on any atom is 0.156 e. The van der Waals surface area contributed by atoms with Gasteiger partial charge in [0.25, 0.3) is 0 Å². The molecule has 0 aromatic heterocycles. The molecule has 0 radical (unpaired) electrons. The van der Waals surface area contributed by atoms with Gasteiger partial charge in [-0.25, -0.2) is 4.39 Å². The molecule has 0 amide bonds. The average Bonchev–Trinajstić information content (AvgIpc) is 2.48. The van der Waals surface area contributed by atoms with E-state index in [2.05, 4.69) is 6.07 Å². The van der Waals surface area contributed by atoms with E-state index in [4.69, 9.17) is 4.74 Å². The summed E-state index contributed by atoms with van der Waals surface area (Å²) in [6, 6.07) is 7.85. The maximum absolute atomic E-state index is 13.1. The Labute approximate surface area is 117 Å². The van der Waals surface area contributed by atoms with Gasteiger partial charge < -0.3 is 4.74 Å². The molecule has 2 rings (SSSR count). The minimum Gasteiger partial charge on any atom is -0.363 e. The molecule has 0 heterocycles. The van der Waals surface area contributed by atoms with Crippen LogP contribution in [-0.4, -0.2) is 18.5 Å². The van der Waals surface area contributed by atoms with Gasteiger partial charge in [0.2, 0.25) is 0 Å². The second-order valence-electron chi connectivity index (χ2n) is 4.48. The van der Waals surface area contributed by atoms with Crippen LogP contribution < -0.4 is 0 Å². The summed E-state index contributed by atoms with van der Waals surface area (Å²) in [5.74, 6) is -0.925. The summed E-state index contributed by atoms with van der Waals surface area (Å²) < 4.78 is 18.7. The molecule has 0 bridgehead atoms. The van der Waals surface area contributed by atoms with Gasteiger partial charge >= 0.3 is 0 Å². The van der Waals surface area contributed by atoms with Gasteiger partial charge in [-0.15, -0.1) is 0 Å². The van der Waals surface area contributed by atoms with Crippen molar-refractivity contribution in [1.82, 2.24) is 0 Å². The van der Waals surface area contributed by atoms with Gasteiger partial charge in [-0.1, -0.05) is 18.2 Å². The standard InChI is InChI=1S/C16H14FNO2/c1-2-20-16(11-19)9-3-4-13(10-18)15(16)12-5-7-14(17)8-6-12/h3-9,11,15H,2H2,1H3. The zero-order chi connectivity index (χ0) is 14.6. The number of hydrogen-bond donors (Lipinski definition) is 0. The van der Waals surface area contributed by atoms with E-state index in [0.29, 0.717) is 24.0 Å². The van der Waals surface area contributed by atoms with Crippen LogP contribution in [0.2, 0.25) is 0 Å². The summed E-state index contributed by atoms with van der Waals surface area (Å²) in [7, 11) is 0. The van der Waals surface area contributed by atoms with Crippen molar-refractivity contribution in [3.63, 3.8) is 0 Å². The molecule has 0 fully saturated rings. The van der Waals surface area contributed by atoms with Crippen LogP contribution in [0.1, 0.15) is 18.4 Å². The van der Waals surface area contributed by atoms with Crippen LogP contribution in [0.5, 0.6) is 0 Å². The Kier molecular flexibility index (Phi) is 4.11. The van der Waals surface area contributed by atoms with E-state index in [1.54, 1.807) is 37.3 Å². The van der Waals surface area contributed by atoms with Crippen molar-refractivity contribution in [1.29, 1.82) is 5.26 Å². The zero-order valence-electron chi connectivity index (χ0n) is 11.0. The molecule has 1 aromatic carbocycles. The van der Waals surface area contributed by atoms with E-state index in [1.807, 2.05) is 0 Å². The van der Waals surface area contributed by atoms with Crippen LogP contribution in [0.4, 0.5) is 4.39 Å². The first-order valence-electron chi connectivity index (χ1n) is 6.32. The molecule has 1 aliphatic rings. The molecule has 4 heteroatoms. The van der Waals surface area contributed by atoms with Crippen molar-refractivity contribution in [2.24, 2.45) is 0 Å². The number of rotatable bonds is 4. The summed E-state index contributed by atoms with van der Waals surface area (Å²) in [4.78, 5) is 11.6. The van der Waals surface area contributed by atoms with Gasteiger partial charge in [-0.05, 0) is 36.8 Å². The molecule has 0 saturated heterocycles. The van der Waals surface area contributed by atoms with Crippen molar-refractivity contribution in [3.8, 4) is 6.07 Å². The average molecular weight is 271 g/mol. The Morgan fingerprint density at radius 1 is 1.45 bits per heavy atom. The van der Waals surface area contributed by atoms with Crippen LogP contribution in [0.25, 0.3) is 0 Å². The lowest BCUT2D eigenvalue weighted by Crippen LogP contribution is -2.41. The normalized spacial score (nSPS) is 24.9. The molecule has 102 valence electrons. The van der Waals surface area contributed by atoms with Crippen molar-refractivity contribution in [2.45, 2.75) is 18.4 Å². The summed E-state index contributed by atoms with van der Waals surface area (Å²) in [6.45, 7) is 2.12. The van der Waals surface area contributed by atoms with E-state index in [9.17, 15) is 14.4 Å². The fourth-order valence-corrected chi connectivity index (χ4v) is 2.46. The van der Waals surface area contributed by atoms with Gasteiger partial charge in [-0.3, -0.25) is 4.79 Å². The number of nitriles is 1. The molecule has 1 aliphatic carbocycles. The second-order valence-corrected chi connectivity index (χ2v) is 4.48. The molecule has 1 aromatic rings. The fourth-order valence-electron chi connectivity index (χ4n) is 2.46. The van der Waals surface area contributed by atoms with Crippen molar-refractivity contribution in [2.75, 3.05) is 6.61 Å². The smallest absolute Gasteiger partial charge is 0.156 e. The maximum atomic E-state index is 13.1. The molecule has 2 unspecified atom stereocenters. The van der Waals surface area contributed by atoms with Gasteiger partial charge in [0.15, 0.2) is 11.9 Å². The Morgan fingerprint density at radius 2 is 2.15 bits per heavy atom. The van der Waals surface area contributed by atoms with E-state index in [0.717, 1.165) is 0 Å². The SMILES string of the molecule is CCOC1(C=O)C=CC=C(C#N)C1c1ccc(F)cc1. The molecule has 0 saturated carbocycles. The minimum absolute atomic E-state index is 0.333. The van der Waals surface area contributed by atoms with Crippen molar-refractivity contribution >= 4 is 6.29 Å². The lowest BCUT2D eigenvalue weighted by molar-refractivity contribution is -0.126. The number of nitrogens with zero attached hydrogens (tertiary/aromatic N) is 1. The third kappa shape index (κ3) is 2.40. The van der Waals surface area contributed by atoms with E-state index in [-0.39, 0.29) is 5.82 Å². The van der Waals surface area contributed by atoms with Gasteiger partial charge in [-0.2, -0.15) is 5.26 Å². The predicted octanol–water partition coefficient (Wildman–Crippen LogP) is 2.90. The van der Waals surface area contributed by atoms with E-state index < -0.39 is 11.5 Å². The number of hydrogen-bond acceptors (Lipinski definition) is 3. The van der Waals surface area contributed by atoms with Crippen molar-refractivity contribution in [3.05, 3.63) is 59.4 Å². The third-order valence-electron chi connectivity index (χ3n) is 3.31. The summed E-state index contributed by atoms with van der Waals surface area (Å²) >= 11 is 0. The van der Waals surface area contributed by atoms with Gasteiger partial charge in [0, 0.05) is 12.2 Å². The van der Waals surface area contributed by atoms with Crippen LogP contribution in [0, 0.1) is 17.1 Å². The van der Waals surface area contributed by atoms with Crippen LogP contribution >= 0.6 is 0 Å². The second kappa shape index (κ2) is 5.81. The Morgan fingerprint density at radius 3 is 2.70 bits per heavy atom. The van der Waals surface area contributed by atoms with Crippen LogP contribution in [0.15, 0.2) is 48.1 Å². The molecule has 3 nitrogen and oxygen atoms in total. The highest BCUT2D eigenvalue weighted by molar-refractivity contribution is 5.73. The molecule has 20 heavy (non-hydrogen) atoms. The monoisotopic (exact) mass is 271 g/mol. The minimum atomic E-state index is -1.22. The zero-order valence-corrected chi connectivity index (χ0v) is 11.0. The lowest BCUT2D eigenvalue weighted by Gasteiger charge is -2.35. The summed E-state index contributed by atoms with van der Waals surface area (Å²) in [6.07, 6.45) is 5.63. The summed E-state index contributed by atoms with van der Waals surface area (Å²) in [5.41, 5.74) is -0.129. The number of ether oxygens (including phenoxy) is 1. The molecular formula is C16H14FNO2. The number of carbonyl (C=O) groups excluding carboxylic acids is 1. The quantitative estimate of drug-likeness (QED) is 0.791. The molecule has 0 aliphatic heterocycles. The number of benzene rings is 1. The Balaban J connectivity index is 2.55. The first-order valence-corrected chi connectivity index (χ1v) is 6.32. The highest BCUT2D eigenvalue weighted by atomic mass is 19.1. The summed E-state index contributed by atoms with van der Waals surface area (Å²) in [5, 5.41) is 9.28. The molecule has 2 atom stereocenters. The first kappa shape index (κ1) is 14.2. The number of aldehydes is 1. The number of carbonyl (C=O) groups is 1. The molecule has 0 N–H and O–H groups in total. The molecule has 0 spiro atoms. The van der Waals surface area contributed by atoms with Crippen molar-refractivity contribution < 1.29 is 13.9 Å². The lowest BCUT2D eigenvalue weighted by atomic mass is 9.75. The van der Waals surface area contributed by atoms with E-state index in [1.165, 1.54) is 12.1 Å². The van der Waals surface area contributed by atoms with Crippen LogP contribution in [0.3, 0.4) is 0 Å². The third-order valence-corrected chi connectivity index (χ3v) is 3.31. The number of halogens is 1. The highest BCUT2D eigenvalue weighted by Gasteiger charge is 2.42.